The molecular formula is C23H37N3O4S. The molecule has 1 aromatic carbocycles. The van der Waals surface area contributed by atoms with Crippen LogP contribution in [0.4, 0.5) is 4.79 Å². The van der Waals surface area contributed by atoms with Gasteiger partial charge in [0.25, 0.3) is 0 Å². The number of carbonyl (C=O) groups excluding carboxylic acids is 1. The number of nitrogens with zero attached hydrogens (tertiary/aromatic N) is 2. The Morgan fingerprint density at radius 3 is 2.55 bits per heavy atom. The zero-order chi connectivity index (χ0) is 22.6. The van der Waals surface area contributed by atoms with Gasteiger partial charge in [0, 0.05) is 32.2 Å². The number of carbonyl (C=O) groups is 1. The topological polar surface area (TPSA) is 92.9 Å². The highest BCUT2D eigenvalue weighted by Gasteiger charge is 2.25. The molecule has 0 aliphatic carbocycles. The van der Waals surface area contributed by atoms with Gasteiger partial charge in [0.05, 0.1) is 12.4 Å². The van der Waals surface area contributed by atoms with Crippen LogP contribution in [0.3, 0.4) is 0 Å². The van der Waals surface area contributed by atoms with E-state index >= 15 is 0 Å². The molecule has 1 fully saturated rings. The molecule has 0 aromatic heterocycles. The standard InChI is InChI=1S/C23H37N3O4S/c1-17(2)30-23(27)25-12-9-18(10-13-25)5-4-6-22(24)20-7-8-21-16-26(31(3,28)29)14-11-19(21)15-20/h7-8,15,17-18,22H,4-6,9-14,16,24H2,1-3H3. The summed E-state index contributed by atoms with van der Waals surface area (Å²) in [6.45, 7) is 6.29. The fourth-order valence-electron chi connectivity index (χ4n) is 4.53. The Kier molecular flexibility index (Phi) is 7.99. The first kappa shape index (κ1) is 24.0. The Hall–Kier alpha value is -1.64. The summed E-state index contributed by atoms with van der Waals surface area (Å²) in [6.07, 6.45) is 6.93. The minimum atomic E-state index is -3.15. The van der Waals surface area contributed by atoms with Crippen LogP contribution in [0.5, 0.6) is 0 Å². The third kappa shape index (κ3) is 6.67. The summed E-state index contributed by atoms with van der Waals surface area (Å²) in [6, 6.07) is 6.25. The van der Waals surface area contributed by atoms with E-state index in [0.29, 0.717) is 19.0 Å². The number of benzene rings is 1. The molecule has 1 aromatic rings. The van der Waals surface area contributed by atoms with Crippen LogP contribution in [0, 0.1) is 5.92 Å². The molecule has 31 heavy (non-hydrogen) atoms. The Bertz CT molecular complexity index is 864. The summed E-state index contributed by atoms with van der Waals surface area (Å²) in [5, 5.41) is 0. The van der Waals surface area contributed by atoms with Crippen LogP contribution in [0.25, 0.3) is 0 Å². The summed E-state index contributed by atoms with van der Waals surface area (Å²) in [5.41, 5.74) is 9.90. The molecule has 2 aliphatic heterocycles. The smallest absolute Gasteiger partial charge is 0.410 e. The number of likely N-dealkylation sites (tertiary alicyclic amines) is 1. The Balaban J connectivity index is 1.43. The van der Waals surface area contributed by atoms with Crippen molar-refractivity contribution >= 4 is 16.1 Å². The van der Waals surface area contributed by atoms with E-state index in [1.165, 1.54) is 16.1 Å². The lowest BCUT2D eigenvalue weighted by Gasteiger charge is -2.32. The largest absolute Gasteiger partial charge is 0.447 e. The van der Waals surface area contributed by atoms with Crippen molar-refractivity contribution in [2.24, 2.45) is 11.7 Å². The molecule has 0 saturated carbocycles. The van der Waals surface area contributed by atoms with Crippen molar-refractivity contribution in [2.75, 3.05) is 25.9 Å². The molecule has 0 spiro atoms. The lowest BCUT2D eigenvalue weighted by atomic mass is 9.89. The fourth-order valence-corrected chi connectivity index (χ4v) is 5.33. The Morgan fingerprint density at radius 2 is 1.90 bits per heavy atom. The third-order valence-electron chi connectivity index (χ3n) is 6.44. The molecule has 0 radical (unpaired) electrons. The Morgan fingerprint density at radius 1 is 1.19 bits per heavy atom. The molecule has 2 N–H and O–H groups in total. The first-order valence-corrected chi connectivity index (χ1v) is 13.3. The molecule has 174 valence electrons. The summed E-state index contributed by atoms with van der Waals surface area (Å²) < 4.78 is 30.4. The molecule has 3 rings (SSSR count). The number of sulfonamides is 1. The van der Waals surface area contributed by atoms with Crippen LogP contribution in [-0.2, 0) is 27.7 Å². The van der Waals surface area contributed by atoms with Crippen molar-refractivity contribution in [1.82, 2.24) is 9.21 Å². The first-order chi connectivity index (χ1) is 14.6. The molecule has 2 heterocycles. The number of ether oxygens (including phenoxy) is 1. The van der Waals surface area contributed by atoms with Crippen molar-refractivity contribution in [3.05, 3.63) is 34.9 Å². The normalized spacial score (nSPS) is 19.3. The van der Waals surface area contributed by atoms with E-state index in [2.05, 4.69) is 6.07 Å². The van der Waals surface area contributed by atoms with Gasteiger partial charge in [-0.25, -0.2) is 13.2 Å². The van der Waals surface area contributed by atoms with Gasteiger partial charge in [-0.15, -0.1) is 0 Å². The number of nitrogens with two attached hydrogens (primary N) is 1. The molecule has 1 atom stereocenters. The van der Waals surface area contributed by atoms with Crippen molar-refractivity contribution in [2.45, 2.75) is 71.1 Å². The van der Waals surface area contributed by atoms with Gasteiger partial charge in [0.2, 0.25) is 10.0 Å². The average molecular weight is 452 g/mol. The summed E-state index contributed by atoms with van der Waals surface area (Å²) in [5.74, 6) is 0.640. The van der Waals surface area contributed by atoms with E-state index in [4.69, 9.17) is 10.5 Å². The number of rotatable bonds is 7. The van der Waals surface area contributed by atoms with Crippen molar-refractivity contribution < 1.29 is 17.9 Å². The van der Waals surface area contributed by atoms with Crippen LogP contribution in [0.15, 0.2) is 18.2 Å². The summed E-state index contributed by atoms with van der Waals surface area (Å²) in [7, 11) is -3.15. The second-order valence-corrected chi connectivity index (χ2v) is 11.3. The van der Waals surface area contributed by atoms with Gasteiger partial charge in [-0.3, -0.25) is 0 Å². The van der Waals surface area contributed by atoms with E-state index in [1.807, 2.05) is 30.9 Å². The quantitative estimate of drug-likeness (QED) is 0.686. The van der Waals surface area contributed by atoms with Gasteiger partial charge in [-0.05, 0) is 62.1 Å². The first-order valence-electron chi connectivity index (χ1n) is 11.4. The molecule has 0 bridgehead atoms. The van der Waals surface area contributed by atoms with Crippen molar-refractivity contribution in [3.8, 4) is 0 Å². The highest BCUT2D eigenvalue weighted by atomic mass is 32.2. The minimum absolute atomic E-state index is 0.000606. The van der Waals surface area contributed by atoms with Crippen LogP contribution < -0.4 is 5.73 Å². The lowest BCUT2D eigenvalue weighted by Crippen LogP contribution is -2.39. The molecule has 8 heteroatoms. The maximum absolute atomic E-state index is 12.0. The molecule has 1 saturated heterocycles. The molecule has 2 aliphatic rings. The van der Waals surface area contributed by atoms with Crippen molar-refractivity contribution in [1.29, 1.82) is 0 Å². The lowest BCUT2D eigenvalue weighted by molar-refractivity contribution is 0.0646. The second-order valence-electron chi connectivity index (χ2n) is 9.28. The van der Waals surface area contributed by atoms with Crippen molar-refractivity contribution in [3.63, 3.8) is 0 Å². The van der Waals surface area contributed by atoms with Gasteiger partial charge >= 0.3 is 6.09 Å². The number of amides is 1. The van der Waals surface area contributed by atoms with Crippen LogP contribution >= 0.6 is 0 Å². The molecular weight excluding hydrogens is 414 g/mol. The van der Waals surface area contributed by atoms with E-state index in [0.717, 1.165) is 62.7 Å². The number of piperidine rings is 1. The van der Waals surface area contributed by atoms with Gasteiger partial charge in [-0.2, -0.15) is 4.31 Å². The van der Waals surface area contributed by atoms with Gasteiger partial charge < -0.3 is 15.4 Å². The maximum Gasteiger partial charge on any atom is 0.410 e. The van der Waals surface area contributed by atoms with Crippen LogP contribution in [-0.4, -0.2) is 55.7 Å². The minimum Gasteiger partial charge on any atom is -0.447 e. The molecule has 1 amide bonds. The van der Waals surface area contributed by atoms with E-state index in [-0.39, 0.29) is 18.2 Å². The number of fused-ring (bicyclic) bond motifs is 1. The monoisotopic (exact) mass is 451 g/mol. The summed E-state index contributed by atoms with van der Waals surface area (Å²) in [4.78, 5) is 13.8. The van der Waals surface area contributed by atoms with Gasteiger partial charge in [0.15, 0.2) is 0 Å². The number of hydrogen-bond donors (Lipinski definition) is 1. The SMILES string of the molecule is CC(C)OC(=O)N1CCC(CCCC(N)c2ccc3c(c2)CCN(S(C)(=O)=O)C3)CC1. The predicted molar refractivity (Wildman–Crippen MR) is 122 cm³/mol. The van der Waals surface area contributed by atoms with E-state index in [9.17, 15) is 13.2 Å². The van der Waals surface area contributed by atoms with Crippen LogP contribution in [0.1, 0.15) is 68.7 Å². The molecule has 1 unspecified atom stereocenters. The average Bonchev–Trinajstić information content (AvgIpc) is 2.72. The Labute approximate surface area is 187 Å². The fraction of sp³-hybridized carbons (Fsp3) is 0.696. The van der Waals surface area contributed by atoms with E-state index in [1.54, 1.807) is 0 Å². The highest BCUT2D eigenvalue weighted by Crippen LogP contribution is 2.28. The predicted octanol–water partition coefficient (Wildman–Crippen LogP) is 3.43. The zero-order valence-corrected chi connectivity index (χ0v) is 19.9. The van der Waals surface area contributed by atoms with Crippen LogP contribution in [0.2, 0.25) is 0 Å². The van der Waals surface area contributed by atoms with Gasteiger partial charge in [-0.1, -0.05) is 31.0 Å². The third-order valence-corrected chi connectivity index (χ3v) is 7.69. The second kappa shape index (κ2) is 10.3. The maximum atomic E-state index is 12.0. The van der Waals surface area contributed by atoms with E-state index < -0.39 is 10.0 Å². The zero-order valence-electron chi connectivity index (χ0n) is 19.0. The van der Waals surface area contributed by atoms with Gasteiger partial charge in [0.1, 0.15) is 0 Å². The number of hydrogen-bond acceptors (Lipinski definition) is 5. The molecule has 7 nitrogen and oxygen atoms in total. The summed E-state index contributed by atoms with van der Waals surface area (Å²) >= 11 is 0. The highest BCUT2D eigenvalue weighted by molar-refractivity contribution is 7.88.